The summed E-state index contributed by atoms with van der Waals surface area (Å²) >= 11 is 0. The molecule has 0 rings (SSSR count). The largest absolute Gasteiger partial charge is 0.390 e. The number of rotatable bonds is 6. The Bertz CT molecular complexity index is 153. The van der Waals surface area contributed by atoms with Crippen molar-refractivity contribution in [1.82, 2.24) is 0 Å². The highest BCUT2D eigenvalue weighted by Crippen LogP contribution is 2.33. The number of hydrogen-bond donors (Lipinski definition) is 1. The molecular weight excluding hydrogens is 172 g/mol. The van der Waals surface area contributed by atoms with E-state index in [-0.39, 0.29) is 5.41 Å². The second kappa shape index (κ2) is 5.16. The first-order valence-electron chi connectivity index (χ1n) is 5.89. The van der Waals surface area contributed by atoms with Crippen molar-refractivity contribution in [3.8, 4) is 0 Å². The standard InChI is InChI=1S/C13H28O/c1-7-11(2)8-9-12(3,4)10-13(5,6)14/h11,14H,7-10H2,1-6H3. The van der Waals surface area contributed by atoms with Crippen LogP contribution in [0.3, 0.4) is 0 Å². The fraction of sp³-hybridized carbons (Fsp3) is 1.00. The zero-order valence-corrected chi connectivity index (χ0v) is 10.9. The Hall–Kier alpha value is -0.0400. The van der Waals surface area contributed by atoms with E-state index in [4.69, 9.17) is 0 Å². The lowest BCUT2D eigenvalue weighted by atomic mass is 9.77. The molecule has 0 aromatic heterocycles. The first-order valence-corrected chi connectivity index (χ1v) is 5.89. The van der Waals surface area contributed by atoms with Crippen LogP contribution >= 0.6 is 0 Å². The molecule has 1 nitrogen and oxygen atoms in total. The lowest BCUT2D eigenvalue weighted by Crippen LogP contribution is -2.28. The zero-order valence-electron chi connectivity index (χ0n) is 10.9. The maximum atomic E-state index is 9.78. The van der Waals surface area contributed by atoms with Gasteiger partial charge in [0, 0.05) is 0 Å². The summed E-state index contributed by atoms with van der Waals surface area (Å²) in [5, 5.41) is 9.78. The summed E-state index contributed by atoms with van der Waals surface area (Å²) in [6, 6.07) is 0. The Balaban J connectivity index is 3.95. The lowest BCUT2D eigenvalue weighted by Gasteiger charge is -2.32. The summed E-state index contributed by atoms with van der Waals surface area (Å²) < 4.78 is 0. The van der Waals surface area contributed by atoms with Crippen molar-refractivity contribution in [2.45, 2.75) is 72.8 Å². The van der Waals surface area contributed by atoms with Crippen LogP contribution in [0.25, 0.3) is 0 Å². The first kappa shape index (κ1) is 14.0. The van der Waals surface area contributed by atoms with Crippen molar-refractivity contribution in [2.75, 3.05) is 0 Å². The van der Waals surface area contributed by atoms with Crippen molar-refractivity contribution >= 4 is 0 Å². The summed E-state index contributed by atoms with van der Waals surface area (Å²) in [6.07, 6.45) is 4.64. The van der Waals surface area contributed by atoms with E-state index in [2.05, 4.69) is 27.7 Å². The molecule has 0 bridgehead atoms. The molecule has 0 aromatic carbocycles. The predicted octanol–water partition coefficient (Wildman–Crippen LogP) is 4.00. The van der Waals surface area contributed by atoms with Crippen molar-refractivity contribution in [3.05, 3.63) is 0 Å². The molecule has 0 amide bonds. The molecule has 1 atom stereocenters. The zero-order chi connectivity index (χ0) is 11.4. The predicted molar refractivity (Wildman–Crippen MR) is 63.4 cm³/mol. The van der Waals surface area contributed by atoms with Gasteiger partial charge in [0.05, 0.1) is 5.60 Å². The topological polar surface area (TPSA) is 20.2 Å². The van der Waals surface area contributed by atoms with Gasteiger partial charge in [-0.25, -0.2) is 0 Å². The molecule has 0 spiro atoms. The van der Waals surface area contributed by atoms with E-state index in [0.29, 0.717) is 0 Å². The third-order valence-corrected chi connectivity index (χ3v) is 2.92. The minimum Gasteiger partial charge on any atom is -0.390 e. The summed E-state index contributed by atoms with van der Waals surface area (Å²) in [5.74, 6) is 0.816. The van der Waals surface area contributed by atoms with E-state index in [1.54, 1.807) is 0 Å². The second-order valence-electron chi connectivity index (χ2n) is 6.21. The monoisotopic (exact) mass is 200 g/mol. The third kappa shape index (κ3) is 7.37. The average molecular weight is 200 g/mol. The van der Waals surface area contributed by atoms with E-state index < -0.39 is 5.60 Å². The molecule has 14 heavy (non-hydrogen) atoms. The molecule has 0 aliphatic rings. The van der Waals surface area contributed by atoms with Crippen molar-refractivity contribution in [2.24, 2.45) is 11.3 Å². The molecule has 0 saturated heterocycles. The maximum absolute atomic E-state index is 9.78. The van der Waals surface area contributed by atoms with Crippen molar-refractivity contribution in [1.29, 1.82) is 0 Å². The average Bonchev–Trinajstić information content (AvgIpc) is 1.96. The van der Waals surface area contributed by atoms with Gasteiger partial charge in [0.1, 0.15) is 0 Å². The Kier molecular flexibility index (Phi) is 5.14. The molecule has 0 aliphatic heterocycles. The molecule has 1 unspecified atom stereocenters. The van der Waals surface area contributed by atoms with Gasteiger partial charge in [0.15, 0.2) is 0 Å². The fourth-order valence-corrected chi connectivity index (χ4v) is 2.10. The van der Waals surface area contributed by atoms with Gasteiger partial charge in [-0.2, -0.15) is 0 Å². The van der Waals surface area contributed by atoms with Gasteiger partial charge in [0.25, 0.3) is 0 Å². The molecule has 86 valence electrons. The van der Waals surface area contributed by atoms with E-state index in [0.717, 1.165) is 12.3 Å². The van der Waals surface area contributed by atoms with Gasteiger partial charge in [-0.15, -0.1) is 0 Å². The molecule has 0 saturated carbocycles. The van der Waals surface area contributed by atoms with Gasteiger partial charge in [-0.05, 0) is 38.0 Å². The molecule has 0 heterocycles. The van der Waals surface area contributed by atoms with Crippen molar-refractivity contribution in [3.63, 3.8) is 0 Å². The molecule has 0 radical (unpaired) electrons. The highest BCUT2D eigenvalue weighted by atomic mass is 16.3. The van der Waals surface area contributed by atoms with Crippen LogP contribution in [-0.2, 0) is 0 Å². The normalized spacial score (nSPS) is 15.6. The Morgan fingerprint density at radius 1 is 1.14 bits per heavy atom. The van der Waals surface area contributed by atoms with Gasteiger partial charge in [-0.1, -0.05) is 40.5 Å². The number of aliphatic hydroxyl groups is 1. The fourth-order valence-electron chi connectivity index (χ4n) is 2.10. The van der Waals surface area contributed by atoms with Crippen LogP contribution in [0.2, 0.25) is 0 Å². The van der Waals surface area contributed by atoms with Crippen LogP contribution in [0.5, 0.6) is 0 Å². The Morgan fingerprint density at radius 3 is 2.00 bits per heavy atom. The Morgan fingerprint density at radius 2 is 1.64 bits per heavy atom. The van der Waals surface area contributed by atoms with Crippen LogP contribution in [0.15, 0.2) is 0 Å². The first-order chi connectivity index (χ1) is 6.16. The molecule has 1 N–H and O–H groups in total. The maximum Gasteiger partial charge on any atom is 0.0596 e. The summed E-state index contributed by atoms with van der Waals surface area (Å²) in [5.41, 5.74) is -0.263. The van der Waals surface area contributed by atoms with Crippen LogP contribution in [-0.4, -0.2) is 10.7 Å². The van der Waals surface area contributed by atoms with Gasteiger partial charge in [-0.3, -0.25) is 0 Å². The molecule has 0 fully saturated rings. The second-order valence-corrected chi connectivity index (χ2v) is 6.21. The van der Waals surface area contributed by atoms with Gasteiger partial charge < -0.3 is 5.11 Å². The molecular formula is C13H28O. The van der Waals surface area contributed by atoms with Crippen LogP contribution in [0.4, 0.5) is 0 Å². The van der Waals surface area contributed by atoms with Crippen molar-refractivity contribution < 1.29 is 5.11 Å². The van der Waals surface area contributed by atoms with Crippen LogP contribution in [0, 0.1) is 11.3 Å². The van der Waals surface area contributed by atoms with E-state index >= 15 is 0 Å². The summed E-state index contributed by atoms with van der Waals surface area (Å²) in [6.45, 7) is 12.9. The third-order valence-electron chi connectivity index (χ3n) is 2.92. The summed E-state index contributed by atoms with van der Waals surface area (Å²) in [7, 11) is 0. The summed E-state index contributed by atoms with van der Waals surface area (Å²) in [4.78, 5) is 0. The SMILES string of the molecule is CCC(C)CCC(C)(C)CC(C)(C)O. The molecule has 1 heteroatoms. The molecule has 0 aliphatic carbocycles. The number of hydrogen-bond acceptors (Lipinski definition) is 1. The van der Waals surface area contributed by atoms with E-state index in [9.17, 15) is 5.11 Å². The smallest absolute Gasteiger partial charge is 0.0596 e. The van der Waals surface area contributed by atoms with Gasteiger partial charge >= 0.3 is 0 Å². The van der Waals surface area contributed by atoms with E-state index in [1.165, 1.54) is 19.3 Å². The lowest BCUT2D eigenvalue weighted by molar-refractivity contribution is 0.0276. The highest BCUT2D eigenvalue weighted by Gasteiger charge is 2.26. The quantitative estimate of drug-likeness (QED) is 0.687. The highest BCUT2D eigenvalue weighted by molar-refractivity contribution is 4.78. The van der Waals surface area contributed by atoms with Crippen LogP contribution in [0.1, 0.15) is 67.2 Å². The molecule has 0 aromatic rings. The minimum atomic E-state index is -0.529. The van der Waals surface area contributed by atoms with E-state index in [1.807, 2.05) is 13.8 Å². The Labute approximate surface area is 89.9 Å². The minimum absolute atomic E-state index is 0.266. The van der Waals surface area contributed by atoms with Crippen LogP contribution < -0.4 is 0 Å². The van der Waals surface area contributed by atoms with Gasteiger partial charge in [0.2, 0.25) is 0 Å².